The predicted octanol–water partition coefficient (Wildman–Crippen LogP) is 3.97. The molecule has 4 aromatic rings. The summed E-state index contributed by atoms with van der Waals surface area (Å²) in [4.78, 5) is 4.98. The number of ether oxygens (including phenoxy) is 2. The van der Waals surface area contributed by atoms with Gasteiger partial charge < -0.3 is 9.47 Å². The second-order valence-corrected chi connectivity index (χ2v) is 8.72. The third-order valence-corrected chi connectivity index (χ3v) is 5.97. The summed E-state index contributed by atoms with van der Waals surface area (Å²) in [6.07, 6.45) is 13.6. The van der Waals surface area contributed by atoms with E-state index in [9.17, 15) is 0 Å². The highest BCUT2D eigenvalue weighted by Gasteiger charge is 2.32. The Morgan fingerprint density at radius 2 is 1.88 bits per heavy atom. The summed E-state index contributed by atoms with van der Waals surface area (Å²) in [5.74, 6) is -0.540. The summed E-state index contributed by atoms with van der Waals surface area (Å²) in [6.45, 7) is 9.41. The van der Waals surface area contributed by atoms with Crippen LogP contribution in [0.4, 0.5) is 0 Å². The largest absolute Gasteiger partial charge is 0.348 e. The highest BCUT2D eigenvalue weighted by Crippen LogP contribution is 2.28. The predicted molar refractivity (Wildman–Crippen MR) is 120 cm³/mol. The lowest BCUT2D eigenvalue weighted by Gasteiger charge is -2.16. The number of fused-ring (bicyclic) bond motifs is 1. The molecule has 0 saturated carbocycles. The van der Waals surface area contributed by atoms with Gasteiger partial charge in [-0.15, -0.1) is 0 Å². The van der Waals surface area contributed by atoms with Gasteiger partial charge in [0.1, 0.15) is 6.10 Å². The molecule has 1 atom stereocenters. The molecule has 168 valence electrons. The van der Waals surface area contributed by atoms with Gasteiger partial charge in [-0.3, -0.25) is 9.36 Å². The maximum Gasteiger partial charge on any atom is 0.163 e. The van der Waals surface area contributed by atoms with Crippen LogP contribution in [0.5, 0.6) is 0 Å². The van der Waals surface area contributed by atoms with Crippen LogP contribution in [0.15, 0.2) is 43.2 Å². The van der Waals surface area contributed by atoms with E-state index < -0.39 is 5.79 Å². The molecule has 5 rings (SSSR count). The molecule has 0 unspecified atom stereocenters. The molecule has 0 amide bonds. The van der Waals surface area contributed by atoms with Crippen molar-refractivity contribution in [2.45, 2.75) is 65.0 Å². The average molecular weight is 436 g/mol. The number of hydrogen-bond donors (Lipinski definition) is 0. The fraction of sp³-hybridized carbons (Fsp3) is 0.478. The van der Waals surface area contributed by atoms with E-state index in [4.69, 9.17) is 14.5 Å². The zero-order chi connectivity index (χ0) is 22.3. The molecule has 0 bridgehead atoms. The van der Waals surface area contributed by atoms with Gasteiger partial charge >= 0.3 is 0 Å². The molecule has 1 saturated heterocycles. The van der Waals surface area contributed by atoms with E-state index in [2.05, 4.69) is 35.3 Å². The van der Waals surface area contributed by atoms with Crippen LogP contribution in [0.25, 0.3) is 28.0 Å². The fourth-order valence-corrected chi connectivity index (χ4v) is 4.26. The number of nitrogens with zero attached hydrogens (tertiary/aromatic N) is 7. The van der Waals surface area contributed by atoms with Gasteiger partial charge in [-0.1, -0.05) is 13.8 Å². The molecule has 5 heterocycles. The van der Waals surface area contributed by atoms with E-state index in [1.54, 1.807) is 6.20 Å². The first-order valence-electron chi connectivity index (χ1n) is 11.2. The summed E-state index contributed by atoms with van der Waals surface area (Å²) < 4.78 is 17.4. The van der Waals surface area contributed by atoms with Crippen molar-refractivity contribution in [2.24, 2.45) is 0 Å². The van der Waals surface area contributed by atoms with Crippen molar-refractivity contribution in [3.63, 3.8) is 0 Å². The van der Waals surface area contributed by atoms with E-state index in [1.165, 1.54) is 0 Å². The SMILES string of the molecule is CCC(CC)n1cc(-c2nc(-c3cnn(C[C@@H]4COC(C)(C)O4)c3)cn3nccc23)cn1. The molecule has 9 heteroatoms. The summed E-state index contributed by atoms with van der Waals surface area (Å²) >= 11 is 0. The third-order valence-electron chi connectivity index (χ3n) is 5.97. The molecular formula is C23H29N7O2. The maximum atomic E-state index is 5.91. The standard InChI is InChI=1S/C23H29N7O2/c1-5-18(6-2)29-12-17(10-26-29)22-21-7-8-24-30(21)14-20(27-22)16-9-25-28(11-16)13-19-15-31-23(3,4)32-19/h7-12,14,18-19H,5-6,13,15H2,1-4H3/t19-/m1/s1. The first-order chi connectivity index (χ1) is 15.5. The average Bonchev–Trinajstić information content (AvgIpc) is 3.55. The molecule has 1 aliphatic heterocycles. The molecule has 32 heavy (non-hydrogen) atoms. The van der Waals surface area contributed by atoms with Gasteiger partial charge in [0.15, 0.2) is 5.79 Å². The minimum Gasteiger partial charge on any atom is -0.348 e. The molecule has 9 nitrogen and oxygen atoms in total. The molecule has 0 aliphatic carbocycles. The fourth-order valence-electron chi connectivity index (χ4n) is 4.26. The smallest absolute Gasteiger partial charge is 0.163 e. The van der Waals surface area contributed by atoms with Gasteiger partial charge in [-0.05, 0) is 32.8 Å². The summed E-state index contributed by atoms with van der Waals surface area (Å²) in [7, 11) is 0. The van der Waals surface area contributed by atoms with E-state index in [-0.39, 0.29) is 6.10 Å². The zero-order valence-corrected chi connectivity index (χ0v) is 19.0. The van der Waals surface area contributed by atoms with Crippen LogP contribution in [0.3, 0.4) is 0 Å². The lowest BCUT2D eigenvalue weighted by atomic mass is 10.1. The molecule has 0 aromatic carbocycles. The van der Waals surface area contributed by atoms with Crippen LogP contribution < -0.4 is 0 Å². The van der Waals surface area contributed by atoms with E-state index in [0.29, 0.717) is 19.2 Å². The number of rotatable bonds is 7. The van der Waals surface area contributed by atoms with Gasteiger partial charge in [-0.2, -0.15) is 15.3 Å². The molecule has 0 radical (unpaired) electrons. The van der Waals surface area contributed by atoms with Crippen molar-refractivity contribution in [3.8, 4) is 22.5 Å². The van der Waals surface area contributed by atoms with Crippen molar-refractivity contribution < 1.29 is 9.47 Å². The van der Waals surface area contributed by atoms with Crippen LogP contribution in [0, 0.1) is 0 Å². The van der Waals surface area contributed by atoms with E-state index in [0.717, 1.165) is 40.9 Å². The van der Waals surface area contributed by atoms with Crippen LogP contribution >= 0.6 is 0 Å². The molecule has 0 spiro atoms. The quantitative estimate of drug-likeness (QED) is 0.437. The minimum atomic E-state index is -0.540. The Balaban J connectivity index is 1.46. The zero-order valence-electron chi connectivity index (χ0n) is 19.0. The Bertz CT molecular complexity index is 1220. The Morgan fingerprint density at radius 3 is 2.62 bits per heavy atom. The van der Waals surface area contributed by atoms with Crippen LogP contribution in [-0.4, -0.2) is 52.7 Å². The Hall–Kier alpha value is -3.04. The lowest BCUT2D eigenvalue weighted by Crippen LogP contribution is -2.24. The first kappa shape index (κ1) is 20.8. The second kappa shape index (κ2) is 8.14. The van der Waals surface area contributed by atoms with Gasteiger partial charge in [0, 0.05) is 23.5 Å². The second-order valence-electron chi connectivity index (χ2n) is 8.72. The molecule has 0 N–H and O–H groups in total. The highest BCUT2D eigenvalue weighted by atomic mass is 16.7. The number of hydrogen-bond acceptors (Lipinski definition) is 6. The molecular weight excluding hydrogens is 406 g/mol. The van der Waals surface area contributed by atoms with Gasteiger partial charge in [0.25, 0.3) is 0 Å². The minimum absolute atomic E-state index is 0.0224. The monoisotopic (exact) mass is 435 g/mol. The van der Waals surface area contributed by atoms with Crippen LogP contribution in [0.1, 0.15) is 46.6 Å². The number of aromatic nitrogens is 7. The topological polar surface area (TPSA) is 84.3 Å². The van der Waals surface area contributed by atoms with Gasteiger partial charge in [0.2, 0.25) is 0 Å². The van der Waals surface area contributed by atoms with Crippen molar-refractivity contribution in [1.29, 1.82) is 0 Å². The van der Waals surface area contributed by atoms with Gasteiger partial charge in [0.05, 0.1) is 60.9 Å². The van der Waals surface area contributed by atoms with Crippen molar-refractivity contribution in [3.05, 3.63) is 43.2 Å². The van der Waals surface area contributed by atoms with Crippen LogP contribution in [0.2, 0.25) is 0 Å². The highest BCUT2D eigenvalue weighted by molar-refractivity contribution is 5.78. The summed E-state index contributed by atoms with van der Waals surface area (Å²) in [5.41, 5.74) is 4.52. The molecule has 1 fully saturated rings. The molecule has 4 aromatic heterocycles. The third kappa shape index (κ3) is 3.93. The summed E-state index contributed by atoms with van der Waals surface area (Å²) in [6, 6.07) is 2.36. The summed E-state index contributed by atoms with van der Waals surface area (Å²) in [5, 5.41) is 13.6. The lowest BCUT2D eigenvalue weighted by molar-refractivity contribution is -0.139. The Kier molecular flexibility index (Phi) is 5.30. The van der Waals surface area contributed by atoms with Crippen molar-refractivity contribution in [1.82, 2.24) is 34.2 Å². The molecule has 1 aliphatic rings. The van der Waals surface area contributed by atoms with Crippen LogP contribution in [-0.2, 0) is 16.0 Å². The normalized spacial score (nSPS) is 18.2. The van der Waals surface area contributed by atoms with E-state index in [1.807, 2.05) is 58.6 Å². The first-order valence-corrected chi connectivity index (χ1v) is 11.2. The maximum absolute atomic E-state index is 5.91. The Labute approximate surface area is 187 Å². The van der Waals surface area contributed by atoms with Crippen molar-refractivity contribution in [2.75, 3.05) is 6.61 Å². The van der Waals surface area contributed by atoms with E-state index >= 15 is 0 Å². The van der Waals surface area contributed by atoms with Crippen molar-refractivity contribution >= 4 is 5.52 Å². The van der Waals surface area contributed by atoms with Gasteiger partial charge in [-0.25, -0.2) is 9.50 Å². The Morgan fingerprint density at radius 1 is 1.06 bits per heavy atom.